The smallest absolute Gasteiger partial charge is 0.315 e. The van der Waals surface area contributed by atoms with Gasteiger partial charge in [-0.25, -0.2) is 4.79 Å². The minimum absolute atomic E-state index is 0.0807. The standard InChI is InChI=1S/C19H30N2O2/c1-4-23-18-11-10-14(2)12-17(18)15(3)21-19(22)20-13-16-8-6-5-7-9-16/h10-12,15-16H,4-9,13H2,1-3H3,(H2,20,21,22). The van der Waals surface area contributed by atoms with Crippen LogP contribution >= 0.6 is 0 Å². The average Bonchev–Trinajstić information content (AvgIpc) is 2.55. The van der Waals surface area contributed by atoms with Crippen molar-refractivity contribution in [1.82, 2.24) is 10.6 Å². The Labute approximate surface area is 140 Å². The SMILES string of the molecule is CCOc1ccc(C)cc1C(C)NC(=O)NCC1CCCCC1. The molecule has 1 aliphatic rings. The van der Waals surface area contributed by atoms with Crippen LogP contribution in [0.2, 0.25) is 0 Å². The molecule has 1 unspecified atom stereocenters. The average molecular weight is 318 g/mol. The first-order chi connectivity index (χ1) is 11.1. The Bertz CT molecular complexity index is 510. The lowest BCUT2D eigenvalue weighted by Gasteiger charge is -2.23. The summed E-state index contributed by atoms with van der Waals surface area (Å²) in [5.41, 5.74) is 2.19. The van der Waals surface area contributed by atoms with E-state index in [9.17, 15) is 4.79 Å². The summed E-state index contributed by atoms with van der Waals surface area (Å²) >= 11 is 0. The molecular weight excluding hydrogens is 288 g/mol. The summed E-state index contributed by atoms with van der Waals surface area (Å²) in [5, 5.41) is 6.06. The van der Waals surface area contributed by atoms with Crippen molar-refractivity contribution >= 4 is 6.03 Å². The zero-order chi connectivity index (χ0) is 16.7. The normalized spacial score (nSPS) is 16.7. The Kier molecular flexibility index (Phi) is 6.75. The minimum atomic E-state index is -0.0907. The van der Waals surface area contributed by atoms with Gasteiger partial charge in [0.15, 0.2) is 0 Å². The molecule has 0 bridgehead atoms. The third kappa shape index (κ3) is 5.45. The highest BCUT2D eigenvalue weighted by Gasteiger charge is 2.17. The van der Waals surface area contributed by atoms with E-state index in [1.54, 1.807) is 0 Å². The number of hydrogen-bond acceptors (Lipinski definition) is 2. The number of ether oxygens (including phenoxy) is 1. The molecule has 0 heterocycles. The molecular formula is C19H30N2O2. The Morgan fingerprint density at radius 2 is 2.04 bits per heavy atom. The monoisotopic (exact) mass is 318 g/mol. The summed E-state index contributed by atoms with van der Waals surface area (Å²) in [5.74, 6) is 1.49. The number of carbonyl (C=O) groups excluding carboxylic acids is 1. The van der Waals surface area contributed by atoms with Crippen molar-refractivity contribution in [2.45, 2.75) is 58.9 Å². The Morgan fingerprint density at radius 1 is 1.30 bits per heavy atom. The minimum Gasteiger partial charge on any atom is -0.494 e. The zero-order valence-corrected chi connectivity index (χ0v) is 14.7. The predicted octanol–water partition coefficient (Wildman–Crippen LogP) is 4.33. The van der Waals surface area contributed by atoms with Gasteiger partial charge >= 0.3 is 6.03 Å². The topological polar surface area (TPSA) is 50.4 Å². The molecule has 4 heteroatoms. The molecule has 128 valence electrons. The van der Waals surface area contributed by atoms with E-state index >= 15 is 0 Å². The van der Waals surface area contributed by atoms with Crippen molar-refractivity contribution in [3.8, 4) is 5.75 Å². The molecule has 2 N–H and O–H groups in total. The van der Waals surface area contributed by atoms with Crippen LogP contribution in [0.15, 0.2) is 18.2 Å². The fraction of sp³-hybridized carbons (Fsp3) is 0.632. The number of amides is 2. The number of urea groups is 1. The first-order valence-corrected chi connectivity index (χ1v) is 8.88. The van der Waals surface area contributed by atoms with E-state index in [1.165, 1.54) is 37.7 Å². The molecule has 1 fully saturated rings. The van der Waals surface area contributed by atoms with Gasteiger partial charge < -0.3 is 15.4 Å². The van der Waals surface area contributed by atoms with E-state index in [2.05, 4.69) is 23.6 Å². The summed E-state index contributed by atoms with van der Waals surface area (Å²) in [6.07, 6.45) is 6.41. The highest BCUT2D eigenvalue weighted by molar-refractivity contribution is 5.74. The van der Waals surface area contributed by atoms with E-state index < -0.39 is 0 Å². The molecule has 1 aromatic carbocycles. The summed E-state index contributed by atoms with van der Waals surface area (Å²) in [4.78, 5) is 12.2. The van der Waals surface area contributed by atoms with Crippen molar-refractivity contribution in [3.63, 3.8) is 0 Å². The lowest BCUT2D eigenvalue weighted by atomic mass is 9.89. The fourth-order valence-corrected chi connectivity index (χ4v) is 3.25. The zero-order valence-electron chi connectivity index (χ0n) is 14.7. The van der Waals surface area contributed by atoms with Gasteiger partial charge in [0.25, 0.3) is 0 Å². The maximum absolute atomic E-state index is 12.2. The van der Waals surface area contributed by atoms with Crippen LogP contribution in [0.5, 0.6) is 5.75 Å². The molecule has 1 saturated carbocycles. The number of carbonyl (C=O) groups is 1. The van der Waals surface area contributed by atoms with E-state index in [1.807, 2.05) is 26.0 Å². The van der Waals surface area contributed by atoms with Gasteiger partial charge in [-0.15, -0.1) is 0 Å². The largest absolute Gasteiger partial charge is 0.494 e. The fourth-order valence-electron chi connectivity index (χ4n) is 3.25. The van der Waals surface area contributed by atoms with Crippen LogP contribution in [0.25, 0.3) is 0 Å². The molecule has 0 saturated heterocycles. The number of benzene rings is 1. The third-order valence-corrected chi connectivity index (χ3v) is 4.56. The Balaban J connectivity index is 1.88. The predicted molar refractivity (Wildman–Crippen MR) is 93.9 cm³/mol. The lowest BCUT2D eigenvalue weighted by molar-refractivity contribution is 0.233. The van der Waals surface area contributed by atoms with Crippen LogP contribution in [-0.4, -0.2) is 19.2 Å². The molecule has 1 aliphatic carbocycles. The Hall–Kier alpha value is -1.71. The number of rotatable bonds is 6. The van der Waals surface area contributed by atoms with Gasteiger partial charge in [0.2, 0.25) is 0 Å². The van der Waals surface area contributed by atoms with Crippen molar-refractivity contribution in [2.24, 2.45) is 5.92 Å². The lowest BCUT2D eigenvalue weighted by Crippen LogP contribution is -2.39. The summed E-state index contributed by atoms with van der Waals surface area (Å²) < 4.78 is 5.68. The van der Waals surface area contributed by atoms with E-state index in [-0.39, 0.29) is 12.1 Å². The van der Waals surface area contributed by atoms with Gasteiger partial charge in [0.05, 0.1) is 12.6 Å². The van der Waals surface area contributed by atoms with Gasteiger partial charge in [0, 0.05) is 12.1 Å². The van der Waals surface area contributed by atoms with E-state index in [0.29, 0.717) is 12.5 Å². The number of hydrogen-bond donors (Lipinski definition) is 2. The first kappa shape index (κ1) is 17.6. The van der Waals surface area contributed by atoms with Gasteiger partial charge in [-0.2, -0.15) is 0 Å². The molecule has 0 spiro atoms. The maximum Gasteiger partial charge on any atom is 0.315 e. The summed E-state index contributed by atoms with van der Waals surface area (Å²) in [6.45, 7) is 7.42. The van der Waals surface area contributed by atoms with Crippen molar-refractivity contribution in [3.05, 3.63) is 29.3 Å². The summed E-state index contributed by atoms with van der Waals surface area (Å²) in [6, 6.07) is 5.92. The van der Waals surface area contributed by atoms with Crippen LogP contribution in [0.4, 0.5) is 4.79 Å². The van der Waals surface area contributed by atoms with Crippen molar-refractivity contribution in [2.75, 3.05) is 13.2 Å². The van der Waals surface area contributed by atoms with Crippen LogP contribution in [-0.2, 0) is 0 Å². The molecule has 1 atom stereocenters. The molecule has 0 aromatic heterocycles. The summed E-state index contributed by atoms with van der Waals surface area (Å²) in [7, 11) is 0. The van der Waals surface area contributed by atoms with Crippen molar-refractivity contribution < 1.29 is 9.53 Å². The van der Waals surface area contributed by atoms with E-state index in [4.69, 9.17) is 4.74 Å². The number of nitrogens with one attached hydrogen (secondary N) is 2. The highest BCUT2D eigenvalue weighted by atomic mass is 16.5. The molecule has 4 nitrogen and oxygen atoms in total. The van der Waals surface area contributed by atoms with Crippen LogP contribution in [0.1, 0.15) is 63.1 Å². The first-order valence-electron chi connectivity index (χ1n) is 8.88. The third-order valence-electron chi connectivity index (χ3n) is 4.56. The molecule has 2 amide bonds. The maximum atomic E-state index is 12.2. The second-order valence-electron chi connectivity index (χ2n) is 6.55. The second-order valence-corrected chi connectivity index (χ2v) is 6.55. The van der Waals surface area contributed by atoms with Crippen molar-refractivity contribution in [1.29, 1.82) is 0 Å². The quantitative estimate of drug-likeness (QED) is 0.820. The van der Waals surface area contributed by atoms with Gasteiger partial charge in [-0.1, -0.05) is 37.0 Å². The number of aryl methyl sites for hydroxylation is 1. The molecule has 23 heavy (non-hydrogen) atoms. The van der Waals surface area contributed by atoms with Gasteiger partial charge in [-0.05, 0) is 45.6 Å². The van der Waals surface area contributed by atoms with Crippen LogP contribution < -0.4 is 15.4 Å². The van der Waals surface area contributed by atoms with Gasteiger partial charge in [-0.3, -0.25) is 0 Å². The molecule has 0 aliphatic heterocycles. The Morgan fingerprint density at radius 3 is 2.74 bits per heavy atom. The van der Waals surface area contributed by atoms with Gasteiger partial charge in [0.1, 0.15) is 5.75 Å². The van der Waals surface area contributed by atoms with E-state index in [0.717, 1.165) is 17.9 Å². The molecule has 0 radical (unpaired) electrons. The molecule has 1 aromatic rings. The van der Waals surface area contributed by atoms with Crippen LogP contribution in [0, 0.1) is 12.8 Å². The van der Waals surface area contributed by atoms with Crippen LogP contribution in [0.3, 0.4) is 0 Å². The second kappa shape index (κ2) is 8.80. The highest BCUT2D eigenvalue weighted by Crippen LogP contribution is 2.26. The molecule has 2 rings (SSSR count).